The van der Waals surface area contributed by atoms with Gasteiger partial charge in [0.05, 0.1) is 0 Å². The average molecular weight is 308 g/mol. The summed E-state index contributed by atoms with van der Waals surface area (Å²) in [4.78, 5) is 15.1. The molecular weight excluding hydrogens is 298 g/mol. The van der Waals surface area contributed by atoms with Crippen LogP contribution in [-0.4, -0.2) is 49.3 Å². The predicted molar refractivity (Wildman–Crippen MR) is 60.1 cm³/mol. The Morgan fingerprint density at radius 3 is 3.19 bits per heavy atom. The summed E-state index contributed by atoms with van der Waals surface area (Å²) in [6, 6.07) is 0. The Labute approximate surface area is 104 Å². The molecule has 1 aromatic heterocycles. The molecule has 1 N–H and O–H groups in total. The van der Waals surface area contributed by atoms with Gasteiger partial charge in [0.1, 0.15) is 0 Å². The molecule has 1 aromatic rings. The number of rotatable bonds is 2. The van der Waals surface area contributed by atoms with Crippen LogP contribution in [0.25, 0.3) is 0 Å². The maximum absolute atomic E-state index is 13.3. The van der Waals surface area contributed by atoms with E-state index < -0.39 is 17.7 Å². The van der Waals surface area contributed by atoms with Crippen molar-refractivity contribution in [3.05, 3.63) is 22.5 Å². The van der Waals surface area contributed by atoms with Gasteiger partial charge in [-0.05, 0) is 0 Å². The second-order valence-electron chi connectivity index (χ2n) is 3.20. The van der Waals surface area contributed by atoms with Crippen LogP contribution in [0.2, 0.25) is 0 Å². The van der Waals surface area contributed by atoms with Gasteiger partial charge < -0.3 is 0 Å². The minimum absolute atomic E-state index is 0.124. The van der Waals surface area contributed by atoms with E-state index in [1.807, 2.05) is 0 Å². The van der Waals surface area contributed by atoms with Gasteiger partial charge in [0, 0.05) is 0 Å². The van der Waals surface area contributed by atoms with Crippen LogP contribution < -0.4 is 10.2 Å². The number of hydrogen-bond acceptors (Lipinski definition) is 5. The molecule has 0 saturated carbocycles. The first-order valence-corrected chi connectivity index (χ1v) is 6.80. The van der Waals surface area contributed by atoms with E-state index in [1.54, 1.807) is 0 Å². The Morgan fingerprint density at radius 2 is 2.56 bits per heavy atom. The summed E-state index contributed by atoms with van der Waals surface area (Å²) in [6.07, 6.45) is 0.557. The van der Waals surface area contributed by atoms with Crippen LogP contribution in [0, 0.1) is 5.82 Å². The number of aliphatic hydroxyl groups is 1. The van der Waals surface area contributed by atoms with Crippen LogP contribution in [0.4, 0.5) is 4.39 Å². The Hall–Kier alpha value is -0.362. The van der Waals surface area contributed by atoms with E-state index >= 15 is 0 Å². The summed E-state index contributed by atoms with van der Waals surface area (Å²) >= 11 is 2.35. The summed E-state index contributed by atoms with van der Waals surface area (Å²) in [5.74, 6) is -0.0128. The molecule has 16 heavy (non-hydrogen) atoms. The van der Waals surface area contributed by atoms with E-state index in [9.17, 15) is 9.18 Å². The van der Waals surface area contributed by atoms with Crippen LogP contribution >= 0.6 is 11.8 Å². The zero-order chi connectivity index (χ0) is 11.7. The third kappa shape index (κ3) is 2.32. The van der Waals surface area contributed by atoms with E-state index in [-0.39, 0.29) is 16.5 Å². The molecule has 3 atom stereocenters. The molecule has 8 heteroatoms. The van der Waals surface area contributed by atoms with Crippen LogP contribution in [0.1, 0.15) is 6.23 Å². The molecule has 1 aliphatic heterocycles. The molecule has 3 unspecified atom stereocenters. The predicted octanol–water partition coefficient (Wildman–Crippen LogP) is -1.78. The molecule has 1 aliphatic rings. The SMILES string of the molecule is O=c1nc([AsH2])c(F)cn1C1CSC(CO)O1. The van der Waals surface area contributed by atoms with Gasteiger partial charge in [-0.15, -0.1) is 0 Å². The Bertz CT molecular complexity index is 455. The van der Waals surface area contributed by atoms with Crippen molar-refractivity contribution >= 4 is 33.1 Å². The molecule has 5 nitrogen and oxygen atoms in total. The average Bonchev–Trinajstić information content (AvgIpc) is 2.71. The second kappa shape index (κ2) is 4.87. The molecular formula is C8H10AsFN2O3S. The van der Waals surface area contributed by atoms with Crippen molar-refractivity contribution in [3.8, 4) is 0 Å². The Morgan fingerprint density at radius 1 is 1.81 bits per heavy atom. The molecule has 2 heterocycles. The van der Waals surface area contributed by atoms with Crippen molar-refractivity contribution in [2.75, 3.05) is 12.4 Å². The Kier molecular flexibility index (Phi) is 3.69. The van der Waals surface area contributed by atoms with Gasteiger partial charge in [0.25, 0.3) is 0 Å². The number of nitrogens with zero attached hydrogens (tertiary/aromatic N) is 2. The molecule has 0 bridgehead atoms. The number of ether oxygens (including phenoxy) is 1. The van der Waals surface area contributed by atoms with E-state index in [0.717, 1.165) is 27.6 Å². The summed E-state index contributed by atoms with van der Waals surface area (Å²) in [6.45, 7) is -0.124. The van der Waals surface area contributed by atoms with Crippen molar-refractivity contribution in [1.82, 2.24) is 9.55 Å². The van der Waals surface area contributed by atoms with Crippen molar-refractivity contribution in [2.24, 2.45) is 0 Å². The summed E-state index contributed by atoms with van der Waals surface area (Å²) in [5, 5.41) is 8.88. The van der Waals surface area contributed by atoms with Crippen LogP contribution in [-0.2, 0) is 4.74 Å². The topological polar surface area (TPSA) is 64.4 Å². The summed E-state index contributed by atoms with van der Waals surface area (Å²) < 4.78 is 19.9. The number of aliphatic hydroxyl groups excluding tert-OH is 1. The molecule has 0 radical (unpaired) electrons. The van der Waals surface area contributed by atoms with Crippen molar-refractivity contribution < 1.29 is 14.2 Å². The number of hydrogen-bond donors (Lipinski definition) is 1. The summed E-state index contributed by atoms with van der Waals surface area (Å²) in [5.41, 5.74) is -0.879. The fourth-order valence-electron chi connectivity index (χ4n) is 1.35. The van der Waals surface area contributed by atoms with Crippen LogP contribution in [0.3, 0.4) is 0 Å². The number of aromatic nitrogens is 2. The first-order chi connectivity index (χ1) is 7.61. The standard InChI is InChI=1S/C8H10AsFN2O3S/c9-7-4(10)1-12(8(14)11-7)5-3-16-6(2-13)15-5/h1,5-6,13H,2-3,9H2. The van der Waals surface area contributed by atoms with E-state index in [4.69, 9.17) is 9.84 Å². The first-order valence-electron chi connectivity index (χ1n) is 4.54. The normalized spacial score (nSPS) is 24.9. The van der Waals surface area contributed by atoms with E-state index in [0.29, 0.717) is 5.75 Å². The molecule has 2 rings (SSSR count). The maximum atomic E-state index is 13.3. The van der Waals surface area contributed by atoms with Crippen molar-refractivity contribution in [3.63, 3.8) is 0 Å². The van der Waals surface area contributed by atoms with Gasteiger partial charge in [-0.2, -0.15) is 0 Å². The zero-order valence-corrected chi connectivity index (χ0v) is 11.4. The quantitative estimate of drug-likeness (QED) is 0.655. The number of halogens is 1. The van der Waals surface area contributed by atoms with Crippen molar-refractivity contribution in [2.45, 2.75) is 11.7 Å². The van der Waals surface area contributed by atoms with Crippen molar-refractivity contribution in [1.29, 1.82) is 0 Å². The zero-order valence-electron chi connectivity index (χ0n) is 8.17. The first kappa shape index (κ1) is 12.1. The fraction of sp³-hybridized carbons (Fsp3) is 0.500. The van der Waals surface area contributed by atoms with Gasteiger partial charge in [0.15, 0.2) is 0 Å². The monoisotopic (exact) mass is 308 g/mol. The van der Waals surface area contributed by atoms with Crippen LogP contribution in [0.5, 0.6) is 0 Å². The molecule has 0 amide bonds. The molecule has 0 aromatic carbocycles. The third-order valence-corrected chi connectivity index (χ3v) is 4.09. The van der Waals surface area contributed by atoms with Gasteiger partial charge in [-0.3, -0.25) is 0 Å². The van der Waals surface area contributed by atoms with E-state index in [2.05, 4.69) is 4.98 Å². The third-order valence-electron chi connectivity index (χ3n) is 2.13. The molecule has 1 saturated heterocycles. The van der Waals surface area contributed by atoms with Gasteiger partial charge in [-0.1, -0.05) is 0 Å². The van der Waals surface area contributed by atoms with E-state index in [1.165, 1.54) is 11.8 Å². The molecule has 0 aliphatic carbocycles. The molecule has 1 fully saturated rings. The summed E-state index contributed by atoms with van der Waals surface area (Å²) in [7, 11) is 0. The van der Waals surface area contributed by atoms with Crippen LogP contribution in [0.15, 0.2) is 11.0 Å². The van der Waals surface area contributed by atoms with Gasteiger partial charge >= 0.3 is 103 Å². The second-order valence-corrected chi connectivity index (χ2v) is 5.54. The fourth-order valence-corrected chi connectivity index (χ4v) is 2.67. The van der Waals surface area contributed by atoms with Gasteiger partial charge in [-0.25, -0.2) is 0 Å². The molecule has 88 valence electrons. The minimum atomic E-state index is -0.551. The number of thioether (sulfide) groups is 1. The Balaban J connectivity index is 2.28. The molecule has 0 spiro atoms. The van der Waals surface area contributed by atoms with Gasteiger partial charge in [0.2, 0.25) is 0 Å².